The quantitative estimate of drug-likeness (QED) is 0.188. The van der Waals surface area contributed by atoms with Gasteiger partial charge < -0.3 is 9.57 Å². The van der Waals surface area contributed by atoms with Gasteiger partial charge in [-0.05, 0) is 36.4 Å². The van der Waals surface area contributed by atoms with Crippen molar-refractivity contribution < 1.29 is 24.1 Å². The van der Waals surface area contributed by atoms with Crippen LogP contribution in [-0.2, 0) is 9.63 Å². The zero-order chi connectivity index (χ0) is 21.5. The van der Waals surface area contributed by atoms with Gasteiger partial charge in [0, 0.05) is 30.2 Å². The molecule has 0 N–H and O–H groups in total. The number of carbonyl (C=O) groups is 2. The fraction of sp³-hybridized carbons (Fsp3) is 0.0455. The van der Waals surface area contributed by atoms with Gasteiger partial charge in [-0.25, -0.2) is 4.79 Å². The molecular formula is C22H16N2O6. The summed E-state index contributed by atoms with van der Waals surface area (Å²) >= 11 is 0. The second kappa shape index (κ2) is 9.24. The average Bonchev–Trinajstić information content (AvgIpc) is 2.75. The third-order valence-electron chi connectivity index (χ3n) is 3.93. The monoisotopic (exact) mass is 404 g/mol. The van der Waals surface area contributed by atoms with Crippen LogP contribution in [0.5, 0.6) is 11.5 Å². The Bertz CT molecular complexity index is 1090. The Morgan fingerprint density at radius 2 is 1.40 bits per heavy atom. The van der Waals surface area contributed by atoms with Gasteiger partial charge in [0.1, 0.15) is 11.5 Å². The fourth-order valence-corrected chi connectivity index (χ4v) is 2.51. The van der Waals surface area contributed by atoms with Crippen molar-refractivity contribution in [2.24, 2.45) is 5.16 Å². The Morgan fingerprint density at radius 3 is 1.93 bits per heavy atom. The number of ketones is 1. The van der Waals surface area contributed by atoms with Crippen molar-refractivity contribution in [3.63, 3.8) is 0 Å². The molecule has 0 saturated heterocycles. The van der Waals surface area contributed by atoms with Crippen molar-refractivity contribution in [1.82, 2.24) is 0 Å². The molecule has 0 aliphatic carbocycles. The number of oxime groups is 1. The molecule has 30 heavy (non-hydrogen) atoms. The van der Waals surface area contributed by atoms with E-state index in [9.17, 15) is 19.7 Å². The van der Waals surface area contributed by atoms with Gasteiger partial charge in [-0.3, -0.25) is 14.9 Å². The van der Waals surface area contributed by atoms with Crippen LogP contribution in [0.3, 0.4) is 0 Å². The average molecular weight is 404 g/mol. The molecule has 0 radical (unpaired) electrons. The number of ether oxygens (including phenoxy) is 1. The topological polar surface area (TPSA) is 108 Å². The summed E-state index contributed by atoms with van der Waals surface area (Å²) in [7, 11) is 0. The van der Waals surface area contributed by atoms with Crippen molar-refractivity contribution in [1.29, 1.82) is 0 Å². The summed E-state index contributed by atoms with van der Waals surface area (Å²) in [5, 5.41) is 14.4. The molecule has 0 amide bonds. The van der Waals surface area contributed by atoms with Crippen LogP contribution in [0.25, 0.3) is 0 Å². The zero-order valence-corrected chi connectivity index (χ0v) is 15.8. The van der Waals surface area contributed by atoms with Crippen molar-refractivity contribution in [2.45, 2.75) is 6.92 Å². The summed E-state index contributed by atoms with van der Waals surface area (Å²) in [6.07, 6.45) is 0. The maximum absolute atomic E-state index is 12.9. The van der Waals surface area contributed by atoms with E-state index in [-0.39, 0.29) is 11.4 Å². The van der Waals surface area contributed by atoms with E-state index >= 15 is 0 Å². The Labute approximate surface area is 171 Å². The third kappa shape index (κ3) is 5.14. The number of hydrogen-bond acceptors (Lipinski definition) is 7. The number of Topliss-reactive ketones (excluding diaryl/α,β-unsaturated/α-hetero) is 1. The molecule has 0 unspecified atom stereocenters. The minimum Gasteiger partial charge on any atom is -0.457 e. The number of non-ortho nitro benzene ring substituents is 1. The minimum absolute atomic E-state index is 0.00478. The Balaban J connectivity index is 1.79. The first kappa shape index (κ1) is 20.4. The lowest BCUT2D eigenvalue weighted by atomic mass is 10.0. The predicted octanol–water partition coefficient (Wildman–Crippen LogP) is 4.54. The first-order valence-corrected chi connectivity index (χ1v) is 8.82. The van der Waals surface area contributed by atoms with E-state index in [1.54, 1.807) is 54.6 Å². The van der Waals surface area contributed by atoms with Crippen LogP contribution in [0.1, 0.15) is 22.8 Å². The summed E-state index contributed by atoms with van der Waals surface area (Å²) in [5.41, 5.74) is 0.786. The van der Waals surface area contributed by atoms with Crippen LogP contribution in [0.2, 0.25) is 0 Å². The minimum atomic E-state index is -0.636. The highest BCUT2D eigenvalue weighted by Gasteiger charge is 2.18. The van der Waals surface area contributed by atoms with Crippen LogP contribution in [0.4, 0.5) is 5.69 Å². The fourth-order valence-electron chi connectivity index (χ4n) is 2.51. The van der Waals surface area contributed by atoms with E-state index < -0.39 is 16.7 Å². The van der Waals surface area contributed by atoms with Crippen molar-refractivity contribution in [3.05, 3.63) is 100 Å². The SMILES string of the molecule is CC(=O)ON=C(C(=O)c1ccc(Oc2ccc([N+](=O)[O-])cc2)cc1)c1ccccc1. The first-order valence-electron chi connectivity index (χ1n) is 8.82. The number of benzene rings is 3. The van der Waals surface area contributed by atoms with Gasteiger partial charge >= 0.3 is 5.97 Å². The number of nitrogens with zero attached hydrogens (tertiary/aromatic N) is 2. The molecule has 3 aromatic rings. The lowest BCUT2D eigenvalue weighted by Crippen LogP contribution is -2.17. The maximum Gasteiger partial charge on any atom is 0.332 e. The second-order valence-electron chi connectivity index (χ2n) is 6.10. The molecule has 0 heterocycles. The number of nitro benzene ring substituents is 1. The molecule has 0 spiro atoms. The van der Waals surface area contributed by atoms with Crippen LogP contribution in [0, 0.1) is 10.1 Å². The predicted molar refractivity (Wildman–Crippen MR) is 109 cm³/mol. The van der Waals surface area contributed by atoms with Gasteiger partial charge in [-0.1, -0.05) is 35.5 Å². The van der Waals surface area contributed by atoms with E-state index in [1.165, 1.54) is 31.2 Å². The molecular weight excluding hydrogens is 388 g/mol. The van der Waals surface area contributed by atoms with Gasteiger partial charge in [0.2, 0.25) is 5.78 Å². The molecule has 0 aliphatic heterocycles. The molecule has 0 saturated carbocycles. The third-order valence-corrected chi connectivity index (χ3v) is 3.93. The Kier molecular flexibility index (Phi) is 6.29. The van der Waals surface area contributed by atoms with Crippen molar-refractivity contribution >= 4 is 23.2 Å². The molecule has 3 aromatic carbocycles. The van der Waals surface area contributed by atoms with E-state index in [0.717, 1.165) is 0 Å². The van der Waals surface area contributed by atoms with Crippen molar-refractivity contribution in [2.75, 3.05) is 0 Å². The largest absolute Gasteiger partial charge is 0.457 e. The van der Waals surface area contributed by atoms with Gasteiger partial charge in [0.15, 0.2) is 5.71 Å². The molecule has 0 bridgehead atoms. The van der Waals surface area contributed by atoms with E-state index in [2.05, 4.69) is 9.99 Å². The zero-order valence-electron chi connectivity index (χ0n) is 15.8. The summed E-state index contributed by atoms with van der Waals surface area (Å²) in [6, 6.07) is 20.6. The summed E-state index contributed by atoms with van der Waals surface area (Å²) in [4.78, 5) is 38.9. The normalized spacial score (nSPS) is 10.9. The summed E-state index contributed by atoms with van der Waals surface area (Å²) < 4.78 is 5.64. The Hall–Kier alpha value is -4.33. The number of carbonyl (C=O) groups excluding carboxylic acids is 2. The van der Waals surface area contributed by atoms with Gasteiger partial charge in [-0.2, -0.15) is 0 Å². The highest BCUT2D eigenvalue weighted by molar-refractivity contribution is 6.51. The molecule has 3 rings (SSSR count). The van der Waals surface area contributed by atoms with Crippen LogP contribution in [0.15, 0.2) is 84.0 Å². The summed E-state index contributed by atoms with van der Waals surface area (Å²) in [5.74, 6) is -0.202. The van der Waals surface area contributed by atoms with Crippen LogP contribution >= 0.6 is 0 Å². The molecule has 8 nitrogen and oxygen atoms in total. The van der Waals surface area contributed by atoms with Crippen molar-refractivity contribution in [3.8, 4) is 11.5 Å². The molecule has 150 valence electrons. The molecule has 8 heteroatoms. The number of rotatable bonds is 7. The number of hydrogen-bond donors (Lipinski definition) is 0. The summed E-state index contributed by atoms with van der Waals surface area (Å²) in [6.45, 7) is 1.20. The van der Waals surface area contributed by atoms with E-state index in [4.69, 9.17) is 4.74 Å². The Morgan fingerprint density at radius 1 is 0.833 bits per heavy atom. The van der Waals surface area contributed by atoms with Gasteiger partial charge in [0.05, 0.1) is 4.92 Å². The first-order chi connectivity index (χ1) is 14.4. The van der Waals surface area contributed by atoms with Gasteiger partial charge in [0.25, 0.3) is 5.69 Å². The highest BCUT2D eigenvalue weighted by Crippen LogP contribution is 2.24. The molecule has 0 aromatic heterocycles. The standard InChI is InChI=1S/C22H16N2O6/c1-15(25)30-23-21(16-5-3-2-4-6-16)22(26)17-7-11-19(12-8-17)29-20-13-9-18(10-14-20)24(27)28/h2-14H,1H3. The lowest BCUT2D eigenvalue weighted by molar-refractivity contribution is -0.384. The number of nitro groups is 1. The highest BCUT2D eigenvalue weighted by atomic mass is 16.7. The molecule has 0 aliphatic rings. The van der Waals surface area contributed by atoms with E-state index in [0.29, 0.717) is 22.6 Å². The van der Waals surface area contributed by atoms with Crippen LogP contribution < -0.4 is 4.74 Å². The van der Waals surface area contributed by atoms with Gasteiger partial charge in [-0.15, -0.1) is 0 Å². The van der Waals surface area contributed by atoms with Crippen LogP contribution in [-0.4, -0.2) is 22.4 Å². The van der Waals surface area contributed by atoms with E-state index in [1.807, 2.05) is 0 Å². The molecule has 0 atom stereocenters. The smallest absolute Gasteiger partial charge is 0.332 e. The second-order valence-corrected chi connectivity index (χ2v) is 6.10. The lowest BCUT2D eigenvalue weighted by Gasteiger charge is -2.08. The maximum atomic E-state index is 12.9. The molecule has 0 fully saturated rings.